The molecule has 0 bridgehead atoms. The van der Waals surface area contributed by atoms with E-state index >= 15 is 0 Å². The van der Waals surface area contributed by atoms with Gasteiger partial charge in [0, 0.05) is 18.5 Å². The number of aryl methyl sites for hydroxylation is 1. The van der Waals surface area contributed by atoms with Crippen LogP contribution in [0.5, 0.6) is 11.5 Å². The molecule has 2 aromatic carbocycles. The van der Waals surface area contributed by atoms with Crippen molar-refractivity contribution in [1.82, 2.24) is 10.2 Å². The van der Waals surface area contributed by atoms with Crippen LogP contribution in [-0.4, -0.2) is 42.7 Å². The largest absolute Gasteiger partial charge is 0.508 e. The van der Waals surface area contributed by atoms with E-state index in [1.54, 1.807) is 19.2 Å². The molecule has 0 radical (unpaired) electrons. The number of benzene rings is 2. The van der Waals surface area contributed by atoms with E-state index in [2.05, 4.69) is 16.3 Å². The molecule has 1 unspecified atom stereocenters. The maximum absolute atomic E-state index is 12.4. The van der Waals surface area contributed by atoms with Crippen molar-refractivity contribution in [3.05, 3.63) is 59.7 Å². The number of nitrogens with one attached hydrogen (secondary N) is 1. The molecular formula is C22H28N2O3. The van der Waals surface area contributed by atoms with Crippen LogP contribution in [0.1, 0.15) is 36.4 Å². The molecule has 5 nitrogen and oxygen atoms in total. The second-order valence-corrected chi connectivity index (χ2v) is 6.93. The first-order valence-electron chi connectivity index (χ1n) is 9.59. The quantitative estimate of drug-likeness (QED) is 0.751. The highest BCUT2D eigenvalue weighted by molar-refractivity contribution is 5.76. The minimum absolute atomic E-state index is 0.00246. The lowest BCUT2D eigenvalue weighted by Gasteiger charge is -2.29. The number of rotatable bonds is 8. The number of phenolic OH excluding ortho intramolecular Hbond substituents is 1. The monoisotopic (exact) mass is 368 g/mol. The summed E-state index contributed by atoms with van der Waals surface area (Å²) >= 11 is 0. The second kappa shape index (κ2) is 9.42. The number of ether oxygens (including phenoxy) is 1. The Morgan fingerprint density at radius 3 is 2.59 bits per heavy atom. The number of carbonyl (C=O) groups excluding carboxylic acids is 1. The smallest absolute Gasteiger partial charge is 0.220 e. The van der Waals surface area contributed by atoms with Gasteiger partial charge >= 0.3 is 0 Å². The molecule has 5 heteroatoms. The number of amides is 1. The van der Waals surface area contributed by atoms with E-state index in [0.717, 1.165) is 30.0 Å². The Bertz CT molecular complexity index is 757. The summed E-state index contributed by atoms with van der Waals surface area (Å²) in [5.74, 6) is 1.10. The van der Waals surface area contributed by atoms with Gasteiger partial charge in [0.25, 0.3) is 0 Å². The highest BCUT2D eigenvalue weighted by Crippen LogP contribution is 2.31. The molecule has 3 rings (SSSR count). The van der Waals surface area contributed by atoms with Gasteiger partial charge in [-0.3, -0.25) is 9.69 Å². The Hall–Kier alpha value is -2.53. The standard InChI is InChI=1S/C22H28N2O3/c1-27-21-11-5-3-9-18(21)19(24-14-6-7-15-24)16-23-22(26)13-12-17-8-2-4-10-20(17)25/h2-5,8-11,19,25H,6-7,12-16H2,1H3,(H,23,26). The van der Waals surface area contributed by atoms with Crippen molar-refractivity contribution in [3.8, 4) is 11.5 Å². The van der Waals surface area contributed by atoms with Crippen molar-refractivity contribution in [1.29, 1.82) is 0 Å². The predicted molar refractivity (Wildman–Crippen MR) is 106 cm³/mol. The molecule has 2 N–H and O–H groups in total. The average molecular weight is 368 g/mol. The van der Waals surface area contributed by atoms with Crippen molar-refractivity contribution in [3.63, 3.8) is 0 Å². The maximum atomic E-state index is 12.4. The molecule has 1 saturated heterocycles. The lowest BCUT2D eigenvalue weighted by atomic mass is 10.0. The third-order valence-electron chi connectivity index (χ3n) is 5.18. The highest BCUT2D eigenvalue weighted by atomic mass is 16.5. The summed E-state index contributed by atoms with van der Waals surface area (Å²) in [7, 11) is 1.69. The Morgan fingerprint density at radius 2 is 1.85 bits per heavy atom. The van der Waals surface area contributed by atoms with Crippen LogP contribution in [0, 0.1) is 0 Å². The van der Waals surface area contributed by atoms with Gasteiger partial charge in [0.05, 0.1) is 13.2 Å². The van der Waals surface area contributed by atoms with Crippen LogP contribution in [0.2, 0.25) is 0 Å². The van der Waals surface area contributed by atoms with Crippen molar-refractivity contribution in [2.75, 3.05) is 26.7 Å². The zero-order valence-corrected chi connectivity index (χ0v) is 15.9. The number of aromatic hydroxyl groups is 1. The lowest BCUT2D eigenvalue weighted by molar-refractivity contribution is -0.121. The molecule has 0 aliphatic carbocycles. The van der Waals surface area contributed by atoms with Crippen molar-refractivity contribution in [2.45, 2.75) is 31.7 Å². The van der Waals surface area contributed by atoms with E-state index in [4.69, 9.17) is 4.74 Å². The molecule has 2 aromatic rings. The number of likely N-dealkylation sites (tertiary alicyclic amines) is 1. The maximum Gasteiger partial charge on any atom is 0.220 e. The summed E-state index contributed by atoms with van der Waals surface area (Å²) in [6.45, 7) is 2.63. The third-order valence-corrected chi connectivity index (χ3v) is 5.18. The molecule has 0 aromatic heterocycles. The van der Waals surface area contributed by atoms with Gasteiger partial charge in [-0.15, -0.1) is 0 Å². The molecule has 1 aliphatic rings. The van der Waals surface area contributed by atoms with E-state index in [-0.39, 0.29) is 17.7 Å². The summed E-state index contributed by atoms with van der Waals surface area (Å²) < 4.78 is 5.54. The topological polar surface area (TPSA) is 61.8 Å². The van der Waals surface area contributed by atoms with Gasteiger partial charge in [-0.1, -0.05) is 36.4 Å². The molecule has 1 atom stereocenters. The Labute approximate surface area is 161 Å². The molecule has 0 spiro atoms. The fourth-order valence-electron chi connectivity index (χ4n) is 3.70. The van der Waals surface area contributed by atoms with Crippen LogP contribution in [0.15, 0.2) is 48.5 Å². The molecular weight excluding hydrogens is 340 g/mol. The minimum atomic E-state index is -0.00246. The van der Waals surface area contributed by atoms with Crippen molar-refractivity contribution < 1.29 is 14.6 Å². The van der Waals surface area contributed by atoms with E-state index in [9.17, 15) is 9.90 Å². The van der Waals surface area contributed by atoms with E-state index in [0.29, 0.717) is 19.4 Å². The first-order valence-corrected chi connectivity index (χ1v) is 9.59. The number of phenols is 1. The number of hydrogen-bond acceptors (Lipinski definition) is 4. The summed E-state index contributed by atoms with van der Waals surface area (Å²) in [6, 6.07) is 15.3. The Morgan fingerprint density at radius 1 is 1.15 bits per heavy atom. The third kappa shape index (κ3) is 5.01. The van der Waals surface area contributed by atoms with Crippen LogP contribution >= 0.6 is 0 Å². The average Bonchev–Trinajstić information content (AvgIpc) is 3.22. The fraction of sp³-hybridized carbons (Fsp3) is 0.409. The zero-order valence-electron chi connectivity index (χ0n) is 15.9. The van der Waals surface area contributed by atoms with E-state index < -0.39 is 0 Å². The summed E-state index contributed by atoms with van der Waals surface area (Å²) in [6.07, 6.45) is 3.26. The van der Waals surface area contributed by atoms with Crippen LogP contribution < -0.4 is 10.1 Å². The first-order chi connectivity index (χ1) is 13.2. The number of nitrogens with zero attached hydrogens (tertiary/aromatic N) is 1. The molecule has 1 heterocycles. The molecule has 144 valence electrons. The number of methoxy groups -OCH3 is 1. The Balaban J connectivity index is 1.62. The second-order valence-electron chi connectivity index (χ2n) is 6.93. The SMILES string of the molecule is COc1ccccc1C(CNC(=O)CCc1ccccc1O)N1CCCC1. The van der Waals surface area contributed by atoms with Crippen molar-refractivity contribution >= 4 is 5.91 Å². The van der Waals surface area contributed by atoms with Crippen LogP contribution in [0.3, 0.4) is 0 Å². The normalized spacial score (nSPS) is 15.4. The summed E-state index contributed by atoms with van der Waals surface area (Å²) in [4.78, 5) is 14.8. The predicted octanol–water partition coefficient (Wildman–Crippen LogP) is 3.29. The van der Waals surface area contributed by atoms with Gasteiger partial charge in [-0.2, -0.15) is 0 Å². The fourth-order valence-corrected chi connectivity index (χ4v) is 3.70. The highest BCUT2D eigenvalue weighted by Gasteiger charge is 2.26. The molecule has 1 amide bonds. The van der Waals surface area contributed by atoms with E-state index in [1.807, 2.05) is 30.3 Å². The molecule has 1 aliphatic heterocycles. The molecule has 27 heavy (non-hydrogen) atoms. The van der Waals surface area contributed by atoms with Crippen LogP contribution in [0.4, 0.5) is 0 Å². The number of hydrogen-bond donors (Lipinski definition) is 2. The summed E-state index contributed by atoms with van der Waals surface area (Å²) in [5.41, 5.74) is 1.91. The van der Waals surface area contributed by atoms with Crippen LogP contribution in [-0.2, 0) is 11.2 Å². The van der Waals surface area contributed by atoms with Gasteiger partial charge < -0.3 is 15.2 Å². The van der Waals surface area contributed by atoms with Gasteiger partial charge in [0.1, 0.15) is 11.5 Å². The lowest BCUT2D eigenvalue weighted by Crippen LogP contribution is -2.37. The van der Waals surface area contributed by atoms with Crippen LogP contribution in [0.25, 0.3) is 0 Å². The van der Waals surface area contributed by atoms with Gasteiger partial charge in [0.15, 0.2) is 0 Å². The van der Waals surface area contributed by atoms with Crippen molar-refractivity contribution in [2.24, 2.45) is 0 Å². The van der Waals surface area contributed by atoms with Gasteiger partial charge in [-0.05, 0) is 50.0 Å². The minimum Gasteiger partial charge on any atom is -0.508 e. The van der Waals surface area contributed by atoms with Gasteiger partial charge in [-0.25, -0.2) is 0 Å². The molecule has 0 saturated carbocycles. The number of carbonyl (C=O) groups is 1. The zero-order chi connectivity index (χ0) is 19.1. The molecule has 1 fully saturated rings. The first kappa shape index (κ1) is 19.2. The summed E-state index contributed by atoms with van der Waals surface area (Å²) in [5, 5.41) is 12.9. The Kier molecular flexibility index (Phi) is 6.71. The number of para-hydroxylation sites is 2. The van der Waals surface area contributed by atoms with Gasteiger partial charge in [0.2, 0.25) is 5.91 Å². The van der Waals surface area contributed by atoms with E-state index in [1.165, 1.54) is 12.8 Å².